The molecule has 0 bridgehead atoms. The summed E-state index contributed by atoms with van der Waals surface area (Å²) >= 11 is 0. The minimum absolute atomic E-state index is 0.142. The van der Waals surface area contributed by atoms with Crippen molar-refractivity contribution in [1.29, 1.82) is 0 Å². The SMILES string of the molecule is Cc1ccc(C)c(N(C)CC(=O)Nc2cccc(S(=O)(=O)N(C)C)c2)c1. The molecular weight excluding hydrogens is 350 g/mol. The monoisotopic (exact) mass is 375 g/mol. The van der Waals surface area contributed by atoms with Gasteiger partial charge in [-0.2, -0.15) is 0 Å². The van der Waals surface area contributed by atoms with Gasteiger partial charge in [0.25, 0.3) is 0 Å². The lowest BCUT2D eigenvalue weighted by atomic mass is 10.1. The Morgan fingerprint density at radius 3 is 2.38 bits per heavy atom. The van der Waals surface area contributed by atoms with Crippen molar-refractivity contribution in [2.24, 2.45) is 0 Å². The molecule has 26 heavy (non-hydrogen) atoms. The van der Waals surface area contributed by atoms with E-state index in [1.165, 1.54) is 26.2 Å². The largest absolute Gasteiger partial charge is 0.365 e. The summed E-state index contributed by atoms with van der Waals surface area (Å²) < 4.78 is 25.6. The van der Waals surface area contributed by atoms with Gasteiger partial charge in [-0.05, 0) is 49.2 Å². The molecule has 6 nitrogen and oxygen atoms in total. The van der Waals surface area contributed by atoms with Crippen LogP contribution in [0.3, 0.4) is 0 Å². The molecule has 0 atom stereocenters. The fourth-order valence-corrected chi connectivity index (χ4v) is 3.52. The summed E-state index contributed by atoms with van der Waals surface area (Å²) in [5.41, 5.74) is 3.65. The number of nitrogens with one attached hydrogen (secondary N) is 1. The molecule has 0 radical (unpaired) electrons. The van der Waals surface area contributed by atoms with Crippen LogP contribution in [0, 0.1) is 13.8 Å². The first kappa shape index (κ1) is 19.9. The van der Waals surface area contributed by atoms with Crippen LogP contribution in [0.25, 0.3) is 0 Å². The maximum atomic E-state index is 12.4. The highest BCUT2D eigenvalue weighted by molar-refractivity contribution is 7.89. The third kappa shape index (κ3) is 4.62. The Balaban J connectivity index is 2.12. The molecular formula is C19H25N3O3S. The van der Waals surface area contributed by atoms with E-state index in [-0.39, 0.29) is 17.3 Å². The topological polar surface area (TPSA) is 69.7 Å². The van der Waals surface area contributed by atoms with Crippen LogP contribution in [-0.4, -0.2) is 46.3 Å². The summed E-state index contributed by atoms with van der Waals surface area (Å²) in [6, 6.07) is 12.3. The fraction of sp³-hybridized carbons (Fsp3) is 0.316. The Hall–Kier alpha value is -2.38. The lowest BCUT2D eigenvalue weighted by molar-refractivity contribution is -0.114. The van der Waals surface area contributed by atoms with Gasteiger partial charge in [-0.1, -0.05) is 18.2 Å². The molecule has 1 N–H and O–H groups in total. The van der Waals surface area contributed by atoms with E-state index in [2.05, 4.69) is 5.32 Å². The molecule has 0 aromatic heterocycles. The van der Waals surface area contributed by atoms with Gasteiger partial charge in [0, 0.05) is 32.5 Å². The van der Waals surface area contributed by atoms with Crippen LogP contribution in [0.15, 0.2) is 47.4 Å². The summed E-state index contributed by atoms with van der Waals surface area (Å²) in [5, 5.41) is 2.76. The Kier molecular flexibility index (Phi) is 6.05. The maximum absolute atomic E-state index is 12.4. The van der Waals surface area contributed by atoms with Crippen molar-refractivity contribution in [3.8, 4) is 0 Å². The molecule has 7 heteroatoms. The number of carbonyl (C=O) groups excluding carboxylic acids is 1. The Morgan fingerprint density at radius 2 is 1.73 bits per heavy atom. The summed E-state index contributed by atoms with van der Waals surface area (Å²) in [4.78, 5) is 14.4. The molecule has 0 fully saturated rings. The average Bonchev–Trinajstić information content (AvgIpc) is 2.56. The van der Waals surface area contributed by atoms with E-state index in [9.17, 15) is 13.2 Å². The molecule has 2 aromatic carbocycles. The van der Waals surface area contributed by atoms with E-state index in [1.807, 2.05) is 44.0 Å². The van der Waals surface area contributed by atoms with Crippen LogP contribution >= 0.6 is 0 Å². The molecule has 0 saturated carbocycles. The second kappa shape index (κ2) is 7.88. The summed E-state index contributed by atoms with van der Waals surface area (Å²) in [6.07, 6.45) is 0. The van der Waals surface area contributed by atoms with Crippen LogP contribution in [-0.2, 0) is 14.8 Å². The zero-order valence-electron chi connectivity index (χ0n) is 15.8. The van der Waals surface area contributed by atoms with Crippen LogP contribution in [0.4, 0.5) is 11.4 Å². The number of aryl methyl sites for hydroxylation is 2. The molecule has 0 unspecified atom stereocenters. The first-order valence-electron chi connectivity index (χ1n) is 8.22. The number of hydrogen-bond acceptors (Lipinski definition) is 4. The van der Waals surface area contributed by atoms with E-state index >= 15 is 0 Å². The van der Waals surface area contributed by atoms with Gasteiger partial charge in [-0.25, -0.2) is 12.7 Å². The highest BCUT2D eigenvalue weighted by Crippen LogP contribution is 2.21. The molecule has 0 spiro atoms. The van der Waals surface area contributed by atoms with Crippen molar-refractivity contribution in [3.05, 3.63) is 53.6 Å². The number of nitrogens with zero attached hydrogens (tertiary/aromatic N) is 2. The second-order valence-electron chi connectivity index (χ2n) is 6.51. The zero-order valence-corrected chi connectivity index (χ0v) is 16.6. The number of anilines is 2. The minimum Gasteiger partial charge on any atom is -0.365 e. The van der Waals surface area contributed by atoms with Gasteiger partial charge < -0.3 is 10.2 Å². The standard InChI is InChI=1S/C19H25N3O3S/c1-14-9-10-15(2)18(11-14)22(5)13-19(23)20-16-7-6-8-17(12-16)26(24,25)21(3)4/h6-12H,13H2,1-5H3,(H,20,23). The Labute approximate surface area is 155 Å². The van der Waals surface area contributed by atoms with Crippen LogP contribution in [0.2, 0.25) is 0 Å². The maximum Gasteiger partial charge on any atom is 0.243 e. The first-order chi connectivity index (χ1) is 12.1. The highest BCUT2D eigenvalue weighted by atomic mass is 32.2. The predicted molar refractivity (Wildman–Crippen MR) is 105 cm³/mol. The summed E-state index contributed by atoms with van der Waals surface area (Å²) in [6.45, 7) is 4.17. The number of benzene rings is 2. The van der Waals surface area contributed by atoms with E-state index in [0.717, 1.165) is 21.1 Å². The van der Waals surface area contributed by atoms with Gasteiger partial charge in [0.2, 0.25) is 15.9 Å². The molecule has 0 aliphatic rings. The van der Waals surface area contributed by atoms with Crippen molar-refractivity contribution in [3.63, 3.8) is 0 Å². The predicted octanol–water partition coefficient (Wildman–Crippen LogP) is 2.63. The molecule has 0 aliphatic carbocycles. The van der Waals surface area contributed by atoms with E-state index in [4.69, 9.17) is 0 Å². The lowest BCUT2D eigenvalue weighted by Gasteiger charge is -2.21. The molecule has 1 amide bonds. The number of rotatable bonds is 6. The number of hydrogen-bond donors (Lipinski definition) is 1. The average molecular weight is 375 g/mol. The fourth-order valence-electron chi connectivity index (χ4n) is 2.58. The van der Waals surface area contributed by atoms with Crippen molar-refractivity contribution in [2.75, 3.05) is 37.9 Å². The van der Waals surface area contributed by atoms with Crippen molar-refractivity contribution >= 4 is 27.3 Å². The number of carbonyl (C=O) groups is 1. The third-order valence-electron chi connectivity index (χ3n) is 4.05. The number of amides is 1. The van der Waals surface area contributed by atoms with E-state index in [0.29, 0.717) is 5.69 Å². The van der Waals surface area contributed by atoms with Gasteiger partial charge in [-0.15, -0.1) is 0 Å². The zero-order chi connectivity index (χ0) is 19.5. The number of sulfonamides is 1. The molecule has 0 heterocycles. The van der Waals surface area contributed by atoms with Gasteiger partial charge in [0.15, 0.2) is 0 Å². The van der Waals surface area contributed by atoms with Gasteiger partial charge >= 0.3 is 0 Å². The van der Waals surface area contributed by atoms with Crippen LogP contribution in [0.5, 0.6) is 0 Å². The van der Waals surface area contributed by atoms with Crippen molar-refractivity contribution < 1.29 is 13.2 Å². The van der Waals surface area contributed by atoms with Gasteiger partial charge in [0.05, 0.1) is 11.4 Å². The van der Waals surface area contributed by atoms with E-state index < -0.39 is 10.0 Å². The molecule has 140 valence electrons. The molecule has 0 aliphatic heterocycles. The third-order valence-corrected chi connectivity index (χ3v) is 5.86. The van der Waals surface area contributed by atoms with E-state index in [1.54, 1.807) is 12.1 Å². The lowest BCUT2D eigenvalue weighted by Crippen LogP contribution is -2.30. The van der Waals surface area contributed by atoms with Crippen molar-refractivity contribution in [1.82, 2.24) is 4.31 Å². The van der Waals surface area contributed by atoms with Crippen LogP contribution < -0.4 is 10.2 Å². The minimum atomic E-state index is -3.54. The quantitative estimate of drug-likeness (QED) is 0.843. The first-order valence-corrected chi connectivity index (χ1v) is 9.66. The molecule has 2 rings (SSSR count). The molecule has 2 aromatic rings. The van der Waals surface area contributed by atoms with Crippen LogP contribution in [0.1, 0.15) is 11.1 Å². The molecule has 0 saturated heterocycles. The van der Waals surface area contributed by atoms with Gasteiger partial charge in [0.1, 0.15) is 0 Å². The summed E-state index contributed by atoms with van der Waals surface area (Å²) in [7, 11) is 1.26. The Morgan fingerprint density at radius 1 is 1.04 bits per heavy atom. The summed E-state index contributed by atoms with van der Waals surface area (Å²) in [5.74, 6) is -0.215. The highest BCUT2D eigenvalue weighted by Gasteiger charge is 2.18. The normalized spacial score (nSPS) is 11.5. The number of likely N-dealkylation sites (N-methyl/N-ethyl adjacent to an activating group) is 1. The van der Waals surface area contributed by atoms with Crippen molar-refractivity contribution in [2.45, 2.75) is 18.7 Å². The Bertz CT molecular complexity index is 908. The second-order valence-corrected chi connectivity index (χ2v) is 8.66. The smallest absolute Gasteiger partial charge is 0.243 e. The van der Waals surface area contributed by atoms with Gasteiger partial charge in [-0.3, -0.25) is 4.79 Å².